The van der Waals surface area contributed by atoms with E-state index in [2.05, 4.69) is 44.1 Å². The molecule has 90 valence electrons. The summed E-state index contributed by atoms with van der Waals surface area (Å²) >= 11 is 0. The Morgan fingerprint density at radius 2 is 1.82 bits per heavy atom. The minimum absolute atomic E-state index is 0.783. The van der Waals surface area contributed by atoms with Gasteiger partial charge in [0, 0.05) is 0 Å². The Bertz CT molecular complexity index is 506. The van der Waals surface area contributed by atoms with Crippen molar-refractivity contribution in [3.8, 4) is 5.69 Å². The van der Waals surface area contributed by atoms with Crippen molar-refractivity contribution >= 4 is 5.69 Å². The van der Waals surface area contributed by atoms with E-state index in [1.807, 2.05) is 4.68 Å². The van der Waals surface area contributed by atoms with Gasteiger partial charge in [-0.1, -0.05) is 19.4 Å². The molecule has 0 radical (unpaired) electrons. The summed E-state index contributed by atoms with van der Waals surface area (Å²) in [6.45, 7) is 6.35. The van der Waals surface area contributed by atoms with Crippen molar-refractivity contribution in [2.45, 2.75) is 33.6 Å². The van der Waals surface area contributed by atoms with Gasteiger partial charge in [-0.15, -0.1) is 0 Å². The number of aryl methyl sites for hydroxylation is 2. The van der Waals surface area contributed by atoms with E-state index >= 15 is 0 Å². The molecule has 1 aromatic heterocycles. The maximum atomic E-state index is 5.96. The van der Waals surface area contributed by atoms with Crippen LogP contribution in [0.4, 0.5) is 5.69 Å². The second-order valence-corrected chi connectivity index (χ2v) is 4.55. The van der Waals surface area contributed by atoms with Crippen molar-refractivity contribution < 1.29 is 0 Å². The van der Waals surface area contributed by atoms with Crippen LogP contribution in [0.15, 0.2) is 24.4 Å². The van der Waals surface area contributed by atoms with Gasteiger partial charge in [-0.05, 0) is 43.5 Å². The zero-order valence-corrected chi connectivity index (χ0v) is 10.7. The van der Waals surface area contributed by atoms with Crippen LogP contribution in [0.3, 0.4) is 0 Å². The van der Waals surface area contributed by atoms with Gasteiger partial charge in [0.15, 0.2) is 0 Å². The smallest absolute Gasteiger partial charge is 0.0737 e. The summed E-state index contributed by atoms with van der Waals surface area (Å²) in [5.74, 6) is 0. The highest BCUT2D eigenvalue weighted by Gasteiger charge is 2.09. The lowest BCUT2D eigenvalue weighted by Gasteiger charge is -2.09. The quantitative estimate of drug-likeness (QED) is 0.879. The summed E-state index contributed by atoms with van der Waals surface area (Å²) in [5.41, 5.74) is 11.4. The molecule has 2 rings (SSSR count). The van der Waals surface area contributed by atoms with Gasteiger partial charge in [0.25, 0.3) is 0 Å². The van der Waals surface area contributed by atoms with Crippen molar-refractivity contribution in [2.24, 2.45) is 0 Å². The van der Waals surface area contributed by atoms with E-state index in [-0.39, 0.29) is 0 Å². The Labute approximate surface area is 102 Å². The van der Waals surface area contributed by atoms with Gasteiger partial charge in [-0.25, -0.2) is 4.68 Å². The van der Waals surface area contributed by atoms with E-state index in [4.69, 9.17) is 5.73 Å². The third kappa shape index (κ3) is 2.33. The Morgan fingerprint density at radius 1 is 1.18 bits per heavy atom. The molecule has 0 aliphatic rings. The third-order valence-electron chi connectivity index (χ3n) is 2.84. The lowest BCUT2D eigenvalue weighted by Crippen LogP contribution is -2.04. The van der Waals surface area contributed by atoms with Crippen LogP contribution in [0.25, 0.3) is 5.69 Å². The molecule has 2 N–H and O–H groups in total. The van der Waals surface area contributed by atoms with E-state index in [0.29, 0.717) is 0 Å². The van der Waals surface area contributed by atoms with E-state index in [1.54, 1.807) is 6.20 Å². The van der Waals surface area contributed by atoms with Gasteiger partial charge >= 0.3 is 0 Å². The Hall–Kier alpha value is -1.77. The first-order chi connectivity index (χ1) is 8.11. The van der Waals surface area contributed by atoms with Gasteiger partial charge in [-0.2, -0.15) is 5.10 Å². The minimum atomic E-state index is 0.783. The highest BCUT2D eigenvalue weighted by Crippen LogP contribution is 2.20. The predicted molar refractivity (Wildman–Crippen MR) is 71.4 cm³/mol. The first kappa shape index (κ1) is 11.7. The van der Waals surface area contributed by atoms with Crippen molar-refractivity contribution in [3.05, 3.63) is 41.2 Å². The molecule has 0 bridgehead atoms. The number of benzene rings is 1. The van der Waals surface area contributed by atoms with Gasteiger partial charge in [0.05, 0.1) is 23.3 Å². The number of anilines is 1. The summed E-state index contributed by atoms with van der Waals surface area (Å²) in [7, 11) is 0. The molecule has 0 saturated heterocycles. The highest BCUT2D eigenvalue weighted by atomic mass is 15.3. The summed E-state index contributed by atoms with van der Waals surface area (Å²) in [6.07, 6.45) is 3.77. The molecule has 2 aromatic rings. The number of nitrogens with two attached hydrogens (primary N) is 1. The SMILES string of the molecule is CCCc1c(N)cnn1-c1cc(C)cc(C)c1. The largest absolute Gasteiger partial charge is 0.396 e. The molecule has 0 spiro atoms. The van der Waals surface area contributed by atoms with Crippen molar-refractivity contribution in [2.75, 3.05) is 5.73 Å². The standard InChI is InChI=1S/C14H19N3/c1-4-5-14-13(15)9-16-17(14)12-7-10(2)6-11(3)8-12/h6-9H,4-5,15H2,1-3H3. The molecular weight excluding hydrogens is 210 g/mol. The molecule has 0 fully saturated rings. The third-order valence-corrected chi connectivity index (χ3v) is 2.84. The fourth-order valence-electron chi connectivity index (χ4n) is 2.17. The Morgan fingerprint density at radius 3 is 2.41 bits per heavy atom. The van der Waals surface area contributed by atoms with Crippen molar-refractivity contribution in [1.82, 2.24) is 9.78 Å². The molecule has 0 aliphatic heterocycles. The molecule has 17 heavy (non-hydrogen) atoms. The van der Waals surface area contributed by atoms with Crippen LogP contribution in [0.1, 0.15) is 30.2 Å². The molecule has 3 heteroatoms. The lowest BCUT2D eigenvalue weighted by molar-refractivity contribution is 0.775. The van der Waals surface area contributed by atoms with Crippen LogP contribution in [0, 0.1) is 13.8 Å². The van der Waals surface area contributed by atoms with E-state index in [1.165, 1.54) is 11.1 Å². The van der Waals surface area contributed by atoms with Gasteiger partial charge in [0.1, 0.15) is 0 Å². The average Bonchev–Trinajstić information content (AvgIpc) is 2.60. The summed E-state index contributed by atoms with van der Waals surface area (Å²) in [4.78, 5) is 0. The Balaban J connectivity index is 2.52. The zero-order chi connectivity index (χ0) is 12.4. The number of hydrogen-bond acceptors (Lipinski definition) is 2. The normalized spacial score (nSPS) is 10.8. The first-order valence-electron chi connectivity index (χ1n) is 6.03. The second-order valence-electron chi connectivity index (χ2n) is 4.55. The maximum Gasteiger partial charge on any atom is 0.0737 e. The molecule has 0 saturated carbocycles. The molecule has 0 unspecified atom stereocenters. The van der Waals surface area contributed by atoms with Crippen LogP contribution in [0.5, 0.6) is 0 Å². The van der Waals surface area contributed by atoms with Crippen LogP contribution in [-0.2, 0) is 6.42 Å². The van der Waals surface area contributed by atoms with Gasteiger partial charge in [0.2, 0.25) is 0 Å². The van der Waals surface area contributed by atoms with E-state index < -0.39 is 0 Å². The van der Waals surface area contributed by atoms with Crippen molar-refractivity contribution in [3.63, 3.8) is 0 Å². The predicted octanol–water partition coefficient (Wildman–Crippen LogP) is 3.02. The summed E-state index contributed by atoms with van der Waals surface area (Å²) < 4.78 is 1.96. The highest BCUT2D eigenvalue weighted by molar-refractivity contribution is 5.48. The fraction of sp³-hybridized carbons (Fsp3) is 0.357. The molecule has 0 atom stereocenters. The number of aromatic nitrogens is 2. The minimum Gasteiger partial charge on any atom is -0.396 e. The molecule has 3 nitrogen and oxygen atoms in total. The molecule has 1 heterocycles. The van der Waals surface area contributed by atoms with Crippen molar-refractivity contribution in [1.29, 1.82) is 0 Å². The topological polar surface area (TPSA) is 43.8 Å². The number of hydrogen-bond donors (Lipinski definition) is 1. The van der Waals surface area contributed by atoms with Gasteiger partial charge < -0.3 is 5.73 Å². The van der Waals surface area contributed by atoms with E-state index in [0.717, 1.165) is 29.9 Å². The zero-order valence-electron chi connectivity index (χ0n) is 10.7. The first-order valence-corrected chi connectivity index (χ1v) is 6.03. The van der Waals surface area contributed by atoms with E-state index in [9.17, 15) is 0 Å². The summed E-state index contributed by atoms with van der Waals surface area (Å²) in [5, 5.41) is 4.38. The number of rotatable bonds is 3. The van der Waals surface area contributed by atoms with Crippen LogP contribution in [-0.4, -0.2) is 9.78 Å². The Kier molecular flexibility index (Phi) is 3.18. The summed E-state index contributed by atoms with van der Waals surface area (Å²) in [6, 6.07) is 6.44. The van der Waals surface area contributed by atoms with Gasteiger partial charge in [-0.3, -0.25) is 0 Å². The molecule has 1 aromatic carbocycles. The number of nitrogen functional groups attached to an aromatic ring is 1. The molecule has 0 amide bonds. The van der Waals surface area contributed by atoms with Crippen LogP contribution in [0.2, 0.25) is 0 Å². The number of nitrogens with zero attached hydrogens (tertiary/aromatic N) is 2. The van der Waals surface area contributed by atoms with Crippen LogP contribution < -0.4 is 5.73 Å². The fourth-order valence-corrected chi connectivity index (χ4v) is 2.17. The van der Waals surface area contributed by atoms with Crippen LogP contribution >= 0.6 is 0 Å². The monoisotopic (exact) mass is 229 g/mol. The average molecular weight is 229 g/mol. The lowest BCUT2D eigenvalue weighted by atomic mass is 10.1. The molecule has 0 aliphatic carbocycles. The molecular formula is C14H19N3. The second kappa shape index (κ2) is 4.62. The maximum absolute atomic E-state index is 5.96.